The summed E-state index contributed by atoms with van der Waals surface area (Å²) in [6.45, 7) is 0.926. The molecule has 0 bridgehead atoms. The second kappa shape index (κ2) is 9.15. The summed E-state index contributed by atoms with van der Waals surface area (Å²) in [5.41, 5.74) is 2.78. The van der Waals surface area contributed by atoms with Crippen LogP contribution in [0.2, 0.25) is 0 Å². The maximum atomic E-state index is 13.2. The summed E-state index contributed by atoms with van der Waals surface area (Å²) >= 11 is 0. The minimum absolute atomic E-state index is 0.228. The van der Waals surface area contributed by atoms with Crippen LogP contribution in [0.1, 0.15) is 54.8 Å². The van der Waals surface area contributed by atoms with Gasteiger partial charge in [-0.15, -0.1) is 0 Å². The zero-order valence-corrected chi connectivity index (χ0v) is 18.0. The summed E-state index contributed by atoms with van der Waals surface area (Å²) in [5, 5.41) is 0. The molecule has 0 amide bonds. The van der Waals surface area contributed by atoms with Gasteiger partial charge in [0.25, 0.3) is 11.6 Å². The van der Waals surface area contributed by atoms with Crippen molar-refractivity contribution in [1.29, 1.82) is 0 Å². The molecule has 1 aromatic heterocycles. The topological polar surface area (TPSA) is 53.4 Å². The van der Waals surface area contributed by atoms with Crippen molar-refractivity contribution in [2.24, 2.45) is 0 Å². The van der Waals surface area contributed by atoms with E-state index in [2.05, 4.69) is 17.1 Å². The van der Waals surface area contributed by atoms with Gasteiger partial charge in [0, 0.05) is 18.2 Å². The second-order valence-electron chi connectivity index (χ2n) is 8.74. The van der Waals surface area contributed by atoms with E-state index in [0.717, 1.165) is 17.0 Å². The second-order valence-corrected chi connectivity index (χ2v) is 8.74. The van der Waals surface area contributed by atoms with Crippen molar-refractivity contribution >= 4 is 0 Å². The number of halogens is 1. The van der Waals surface area contributed by atoms with Gasteiger partial charge in [-0.25, -0.2) is 4.39 Å². The Kier molecular flexibility index (Phi) is 5.93. The maximum absolute atomic E-state index is 13.2. The highest BCUT2D eigenvalue weighted by Gasteiger charge is 2.26. The normalized spacial score (nSPS) is 18.2. The van der Waals surface area contributed by atoms with Crippen LogP contribution < -0.4 is 15.0 Å². The first-order valence-corrected chi connectivity index (χ1v) is 11.4. The van der Waals surface area contributed by atoms with Crippen LogP contribution in [0.15, 0.2) is 59.4 Å². The molecule has 0 N–H and O–H groups in total. The third kappa shape index (κ3) is 4.69. The van der Waals surface area contributed by atoms with Gasteiger partial charge in [0.15, 0.2) is 6.10 Å². The number of nitrogens with zero attached hydrogens (tertiary/aromatic N) is 2. The molecule has 1 fully saturated rings. The molecule has 0 radical (unpaired) electrons. The van der Waals surface area contributed by atoms with E-state index in [4.69, 9.17) is 9.47 Å². The van der Waals surface area contributed by atoms with E-state index in [-0.39, 0.29) is 17.5 Å². The molecule has 3 aromatic rings. The molecule has 166 valence electrons. The van der Waals surface area contributed by atoms with Crippen molar-refractivity contribution in [3.63, 3.8) is 0 Å². The fourth-order valence-corrected chi connectivity index (χ4v) is 4.71. The molecule has 2 aromatic carbocycles. The number of ether oxygens (including phenoxy) is 2. The van der Waals surface area contributed by atoms with E-state index in [1.807, 2.05) is 16.7 Å². The van der Waals surface area contributed by atoms with Crippen molar-refractivity contribution in [3.05, 3.63) is 87.6 Å². The van der Waals surface area contributed by atoms with E-state index in [1.54, 1.807) is 12.1 Å². The van der Waals surface area contributed by atoms with Crippen LogP contribution >= 0.6 is 0 Å². The third-order valence-electron chi connectivity index (χ3n) is 6.42. The quantitative estimate of drug-likeness (QED) is 0.556. The average Bonchev–Trinajstić information content (AvgIpc) is 3.23. The molecular weight excluding hydrogens is 407 g/mol. The summed E-state index contributed by atoms with van der Waals surface area (Å²) in [5.74, 6) is 1.21. The van der Waals surface area contributed by atoms with Crippen LogP contribution in [0, 0.1) is 5.82 Å². The Balaban J connectivity index is 1.22. The maximum Gasteiger partial charge on any atom is 0.300 e. The van der Waals surface area contributed by atoms with Crippen LogP contribution in [0.3, 0.4) is 0 Å². The monoisotopic (exact) mass is 434 g/mol. The Hall–Kier alpha value is -3.15. The Bertz CT molecular complexity index is 1120. The zero-order chi connectivity index (χ0) is 21.9. The molecular formula is C26H27FN2O3. The van der Waals surface area contributed by atoms with Gasteiger partial charge in [0.2, 0.25) is 0 Å². The van der Waals surface area contributed by atoms with Crippen molar-refractivity contribution < 1.29 is 13.9 Å². The van der Waals surface area contributed by atoms with E-state index >= 15 is 0 Å². The van der Waals surface area contributed by atoms with Crippen molar-refractivity contribution in [3.8, 4) is 11.8 Å². The van der Waals surface area contributed by atoms with Crippen LogP contribution in [-0.2, 0) is 13.0 Å². The minimum Gasteiger partial charge on any atom is -0.490 e. The van der Waals surface area contributed by atoms with E-state index in [0.29, 0.717) is 31.5 Å². The molecule has 1 aliphatic carbocycles. The Morgan fingerprint density at radius 1 is 1.03 bits per heavy atom. The number of hydrogen-bond donors (Lipinski definition) is 0. The fraction of sp³-hybridized carbons (Fsp3) is 0.385. The predicted octanol–water partition coefficient (Wildman–Crippen LogP) is 4.86. The van der Waals surface area contributed by atoms with Crippen molar-refractivity contribution in [1.82, 2.24) is 9.55 Å². The van der Waals surface area contributed by atoms with Gasteiger partial charge >= 0.3 is 0 Å². The largest absolute Gasteiger partial charge is 0.490 e. The van der Waals surface area contributed by atoms with Gasteiger partial charge in [-0.1, -0.05) is 43.5 Å². The summed E-state index contributed by atoms with van der Waals surface area (Å²) in [6.07, 6.45) is 6.83. The van der Waals surface area contributed by atoms with Crippen molar-refractivity contribution in [2.45, 2.75) is 57.1 Å². The number of rotatable bonds is 6. The molecule has 5 nitrogen and oxygen atoms in total. The Labute approximate surface area is 186 Å². The molecule has 1 aliphatic heterocycles. The van der Waals surface area contributed by atoms with Crippen LogP contribution in [0.5, 0.6) is 11.8 Å². The van der Waals surface area contributed by atoms with E-state index in [9.17, 15) is 9.18 Å². The summed E-state index contributed by atoms with van der Waals surface area (Å²) in [4.78, 5) is 16.1. The molecule has 0 saturated heterocycles. The molecule has 1 atom stereocenters. The fourth-order valence-electron chi connectivity index (χ4n) is 4.71. The number of benzene rings is 2. The van der Waals surface area contributed by atoms with Gasteiger partial charge in [0.05, 0.1) is 6.54 Å². The first-order valence-electron chi connectivity index (χ1n) is 11.4. The predicted molar refractivity (Wildman–Crippen MR) is 120 cm³/mol. The zero-order valence-electron chi connectivity index (χ0n) is 18.0. The van der Waals surface area contributed by atoms with Gasteiger partial charge < -0.3 is 9.47 Å². The molecule has 1 saturated carbocycles. The lowest BCUT2D eigenvalue weighted by Gasteiger charge is -2.22. The highest BCUT2D eigenvalue weighted by molar-refractivity contribution is 5.30. The molecule has 0 spiro atoms. The number of fused-ring (bicyclic) bond motifs is 1. The Morgan fingerprint density at radius 3 is 2.53 bits per heavy atom. The third-order valence-corrected chi connectivity index (χ3v) is 6.42. The van der Waals surface area contributed by atoms with Crippen LogP contribution in [-0.4, -0.2) is 22.3 Å². The molecule has 2 aliphatic rings. The molecule has 5 rings (SSSR count). The first kappa shape index (κ1) is 20.7. The van der Waals surface area contributed by atoms with Gasteiger partial charge in [0.1, 0.15) is 18.2 Å². The van der Waals surface area contributed by atoms with E-state index in [1.165, 1.54) is 55.9 Å². The van der Waals surface area contributed by atoms with E-state index < -0.39 is 0 Å². The van der Waals surface area contributed by atoms with Crippen molar-refractivity contribution in [2.75, 3.05) is 6.61 Å². The smallest absolute Gasteiger partial charge is 0.300 e. The lowest BCUT2D eigenvalue weighted by molar-refractivity contribution is 0.143. The lowest BCUT2D eigenvalue weighted by Crippen LogP contribution is -2.23. The SMILES string of the molecule is O=c1cc(Cc2ccc(F)cc2)n2c(n1)OC(COc1ccc(C3CCCCC3)cc1)C2. The average molecular weight is 435 g/mol. The first-order chi connectivity index (χ1) is 15.6. The van der Waals surface area contributed by atoms with Gasteiger partial charge in [-0.05, 0) is 54.2 Å². The standard InChI is InChI=1S/C26H27FN2O3/c27-21-10-6-18(7-11-21)14-22-15-25(30)28-26-29(22)16-24(32-26)17-31-23-12-8-20(9-13-23)19-4-2-1-3-5-19/h6-13,15,19,24H,1-5,14,16-17H2. The summed E-state index contributed by atoms with van der Waals surface area (Å²) < 4.78 is 27.0. The molecule has 2 heterocycles. The van der Waals surface area contributed by atoms with Gasteiger partial charge in [-0.2, -0.15) is 4.98 Å². The number of hydrogen-bond acceptors (Lipinski definition) is 4. The van der Waals surface area contributed by atoms with Crippen LogP contribution in [0.4, 0.5) is 4.39 Å². The van der Waals surface area contributed by atoms with Gasteiger partial charge in [-0.3, -0.25) is 9.36 Å². The molecule has 1 unspecified atom stereocenters. The Morgan fingerprint density at radius 2 is 1.78 bits per heavy atom. The molecule has 6 heteroatoms. The lowest BCUT2D eigenvalue weighted by atomic mass is 9.84. The summed E-state index contributed by atoms with van der Waals surface area (Å²) in [6, 6.07) is 16.5. The number of aromatic nitrogens is 2. The minimum atomic E-state index is -0.340. The summed E-state index contributed by atoms with van der Waals surface area (Å²) in [7, 11) is 0. The van der Waals surface area contributed by atoms with Crippen LogP contribution in [0.25, 0.3) is 0 Å². The highest BCUT2D eigenvalue weighted by Crippen LogP contribution is 2.33. The highest BCUT2D eigenvalue weighted by atomic mass is 19.1. The molecule has 32 heavy (non-hydrogen) atoms.